The third kappa shape index (κ3) is 5.49. The molecule has 0 atom stereocenters. The number of piperidine rings is 1. The zero-order valence-corrected chi connectivity index (χ0v) is 16.8. The van der Waals surface area contributed by atoms with Gasteiger partial charge in [-0.15, -0.1) is 0 Å². The Bertz CT molecular complexity index is 781. The fourth-order valence-electron chi connectivity index (χ4n) is 3.46. The summed E-state index contributed by atoms with van der Waals surface area (Å²) in [6.07, 6.45) is 2.07. The summed E-state index contributed by atoms with van der Waals surface area (Å²) in [4.78, 5) is 14.4. The normalized spacial score (nSPS) is 14.8. The van der Waals surface area contributed by atoms with Crippen molar-refractivity contribution in [3.05, 3.63) is 59.2 Å². The highest BCUT2D eigenvalue weighted by Crippen LogP contribution is 2.23. The predicted octanol–water partition coefficient (Wildman–Crippen LogP) is 3.21. The van der Waals surface area contributed by atoms with Crippen LogP contribution < -0.4 is 15.0 Å². The van der Waals surface area contributed by atoms with Gasteiger partial charge in [0.1, 0.15) is 5.75 Å². The molecule has 3 rings (SSSR count). The monoisotopic (exact) mass is 382 g/mol. The van der Waals surface area contributed by atoms with Gasteiger partial charge in [0.25, 0.3) is 5.91 Å². The average molecular weight is 383 g/mol. The van der Waals surface area contributed by atoms with E-state index in [0.29, 0.717) is 19.1 Å². The molecule has 5 heteroatoms. The quantitative estimate of drug-likeness (QED) is 0.772. The van der Waals surface area contributed by atoms with Crippen LogP contribution in [0.25, 0.3) is 0 Å². The highest BCUT2D eigenvalue weighted by molar-refractivity contribution is 5.77. The SMILES string of the molecule is Cc1ccc(C)c(OCC(=O)NCc2ccc(N3CCC(CO)CC3)cc2)c1. The number of nitrogens with one attached hydrogen (secondary N) is 1. The molecule has 0 unspecified atom stereocenters. The Morgan fingerprint density at radius 3 is 2.54 bits per heavy atom. The van der Waals surface area contributed by atoms with Gasteiger partial charge in [-0.05, 0) is 67.5 Å². The van der Waals surface area contributed by atoms with Crippen LogP contribution in [-0.2, 0) is 11.3 Å². The minimum atomic E-state index is -0.129. The van der Waals surface area contributed by atoms with Crippen molar-refractivity contribution in [3.63, 3.8) is 0 Å². The number of benzene rings is 2. The second-order valence-corrected chi connectivity index (χ2v) is 7.61. The van der Waals surface area contributed by atoms with E-state index in [1.807, 2.05) is 32.0 Å². The summed E-state index contributed by atoms with van der Waals surface area (Å²) in [6, 6.07) is 14.3. The van der Waals surface area contributed by atoms with Crippen LogP contribution in [0.3, 0.4) is 0 Å². The summed E-state index contributed by atoms with van der Waals surface area (Å²) in [6.45, 7) is 6.74. The lowest BCUT2D eigenvalue weighted by Gasteiger charge is -2.33. The fraction of sp³-hybridized carbons (Fsp3) is 0.435. The van der Waals surface area contributed by atoms with Gasteiger partial charge in [-0.3, -0.25) is 4.79 Å². The molecule has 150 valence electrons. The van der Waals surface area contributed by atoms with Gasteiger partial charge in [0.05, 0.1) is 0 Å². The molecule has 1 fully saturated rings. The van der Waals surface area contributed by atoms with Crippen LogP contribution in [0.1, 0.15) is 29.5 Å². The lowest BCUT2D eigenvalue weighted by atomic mass is 9.97. The Labute approximate surface area is 167 Å². The molecule has 2 aromatic carbocycles. The third-order valence-electron chi connectivity index (χ3n) is 5.37. The van der Waals surface area contributed by atoms with E-state index >= 15 is 0 Å². The van der Waals surface area contributed by atoms with Gasteiger partial charge in [-0.2, -0.15) is 0 Å². The van der Waals surface area contributed by atoms with Crippen molar-refractivity contribution in [1.82, 2.24) is 5.32 Å². The maximum Gasteiger partial charge on any atom is 0.258 e. The summed E-state index contributed by atoms with van der Waals surface area (Å²) < 4.78 is 5.65. The molecule has 1 heterocycles. The highest BCUT2D eigenvalue weighted by atomic mass is 16.5. The number of nitrogens with zero attached hydrogens (tertiary/aromatic N) is 1. The van der Waals surface area contributed by atoms with Gasteiger partial charge in [-0.1, -0.05) is 24.3 Å². The molecule has 2 N–H and O–H groups in total. The zero-order chi connectivity index (χ0) is 19.9. The van der Waals surface area contributed by atoms with Crippen LogP contribution in [0.5, 0.6) is 5.75 Å². The number of carbonyl (C=O) groups is 1. The van der Waals surface area contributed by atoms with E-state index in [0.717, 1.165) is 48.4 Å². The lowest BCUT2D eigenvalue weighted by Crippen LogP contribution is -2.34. The Morgan fingerprint density at radius 2 is 1.86 bits per heavy atom. The molecular weight excluding hydrogens is 352 g/mol. The first-order chi connectivity index (χ1) is 13.5. The minimum absolute atomic E-state index is 0.0161. The summed E-state index contributed by atoms with van der Waals surface area (Å²) >= 11 is 0. The van der Waals surface area contributed by atoms with E-state index in [9.17, 15) is 9.90 Å². The number of aliphatic hydroxyl groups is 1. The fourth-order valence-corrected chi connectivity index (χ4v) is 3.46. The standard InChI is InChI=1S/C23H30N2O3/c1-17-3-4-18(2)22(13-17)28-16-23(27)24-14-19-5-7-21(8-6-19)25-11-9-20(15-26)10-12-25/h3-8,13,20,26H,9-12,14-16H2,1-2H3,(H,24,27). The molecule has 1 saturated heterocycles. The first-order valence-corrected chi connectivity index (χ1v) is 9.96. The Morgan fingerprint density at radius 1 is 1.14 bits per heavy atom. The molecule has 0 radical (unpaired) electrons. The van der Waals surface area contributed by atoms with Crippen LogP contribution in [0.4, 0.5) is 5.69 Å². The average Bonchev–Trinajstić information content (AvgIpc) is 2.73. The summed E-state index contributed by atoms with van der Waals surface area (Å²) in [5.74, 6) is 1.07. The van der Waals surface area contributed by atoms with Gasteiger partial charge in [0.15, 0.2) is 6.61 Å². The van der Waals surface area contributed by atoms with Crippen molar-refractivity contribution in [1.29, 1.82) is 0 Å². The van der Waals surface area contributed by atoms with Crippen LogP contribution in [0.15, 0.2) is 42.5 Å². The maximum atomic E-state index is 12.1. The number of aliphatic hydroxyl groups excluding tert-OH is 1. The van der Waals surface area contributed by atoms with Crippen molar-refractivity contribution in [2.75, 3.05) is 31.2 Å². The molecule has 0 spiro atoms. The van der Waals surface area contributed by atoms with Gasteiger partial charge in [-0.25, -0.2) is 0 Å². The minimum Gasteiger partial charge on any atom is -0.483 e. The van der Waals surface area contributed by atoms with Crippen LogP contribution in [0.2, 0.25) is 0 Å². The van der Waals surface area contributed by atoms with E-state index in [-0.39, 0.29) is 12.5 Å². The number of hydrogen-bond acceptors (Lipinski definition) is 4. The largest absolute Gasteiger partial charge is 0.483 e. The van der Waals surface area contributed by atoms with Crippen LogP contribution in [-0.4, -0.2) is 37.3 Å². The lowest BCUT2D eigenvalue weighted by molar-refractivity contribution is -0.123. The van der Waals surface area contributed by atoms with Crippen molar-refractivity contribution in [2.45, 2.75) is 33.2 Å². The second kappa shape index (κ2) is 9.60. The molecular formula is C23H30N2O3. The highest BCUT2D eigenvalue weighted by Gasteiger charge is 2.18. The van der Waals surface area contributed by atoms with Gasteiger partial charge >= 0.3 is 0 Å². The molecule has 0 aromatic heterocycles. The second-order valence-electron chi connectivity index (χ2n) is 7.61. The number of aryl methyl sites for hydroxylation is 2. The Balaban J connectivity index is 1.44. The predicted molar refractivity (Wildman–Crippen MR) is 112 cm³/mol. The zero-order valence-electron chi connectivity index (χ0n) is 16.8. The van der Waals surface area contributed by atoms with Crippen molar-refractivity contribution < 1.29 is 14.6 Å². The third-order valence-corrected chi connectivity index (χ3v) is 5.37. The molecule has 5 nitrogen and oxygen atoms in total. The first-order valence-electron chi connectivity index (χ1n) is 9.96. The molecule has 2 aromatic rings. The van der Waals surface area contributed by atoms with Crippen molar-refractivity contribution in [3.8, 4) is 5.75 Å². The molecule has 1 aliphatic rings. The smallest absolute Gasteiger partial charge is 0.258 e. The van der Waals surface area contributed by atoms with E-state index in [2.05, 4.69) is 34.5 Å². The van der Waals surface area contributed by atoms with Gasteiger partial charge in [0, 0.05) is 31.9 Å². The summed E-state index contributed by atoms with van der Waals surface area (Å²) in [5.41, 5.74) is 4.40. The Hall–Kier alpha value is -2.53. The number of rotatable bonds is 7. The molecule has 1 amide bonds. The Kier molecular flexibility index (Phi) is 6.93. The number of hydrogen-bond donors (Lipinski definition) is 2. The van der Waals surface area contributed by atoms with Crippen molar-refractivity contribution in [2.24, 2.45) is 5.92 Å². The molecule has 0 bridgehead atoms. The number of ether oxygens (including phenoxy) is 1. The van der Waals surface area contributed by atoms with E-state index in [1.54, 1.807) is 0 Å². The van der Waals surface area contributed by atoms with E-state index < -0.39 is 0 Å². The first kappa shape index (κ1) is 20.2. The summed E-state index contributed by atoms with van der Waals surface area (Å²) in [5, 5.41) is 12.2. The number of amides is 1. The van der Waals surface area contributed by atoms with E-state index in [4.69, 9.17) is 4.74 Å². The summed E-state index contributed by atoms with van der Waals surface area (Å²) in [7, 11) is 0. The molecule has 28 heavy (non-hydrogen) atoms. The molecule has 0 aliphatic carbocycles. The molecule has 1 aliphatic heterocycles. The van der Waals surface area contributed by atoms with E-state index in [1.165, 1.54) is 5.69 Å². The van der Waals surface area contributed by atoms with Gasteiger partial charge < -0.3 is 20.1 Å². The molecule has 0 saturated carbocycles. The van der Waals surface area contributed by atoms with Crippen LogP contribution >= 0.6 is 0 Å². The number of anilines is 1. The number of carbonyl (C=O) groups excluding carboxylic acids is 1. The maximum absolute atomic E-state index is 12.1. The van der Waals surface area contributed by atoms with Gasteiger partial charge in [0.2, 0.25) is 0 Å². The topological polar surface area (TPSA) is 61.8 Å². The van der Waals surface area contributed by atoms with Crippen molar-refractivity contribution >= 4 is 11.6 Å². The van der Waals surface area contributed by atoms with Crippen LogP contribution in [0, 0.1) is 19.8 Å².